The highest BCUT2D eigenvalue weighted by atomic mass is 14.9. The summed E-state index contributed by atoms with van der Waals surface area (Å²) in [7, 11) is 0. The molecular weight excluding hydrogens is 220 g/mol. The highest BCUT2D eigenvalue weighted by Crippen LogP contribution is 2.26. The molecule has 1 aliphatic carbocycles. The van der Waals surface area contributed by atoms with E-state index in [1.54, 1.807) is 0 Å². The van der Waals surface area contributed by atoms with Crippen LogP contribution >= 0.6 is 0 Å². The minimum Gasteiger partial charge on any atom is -0.312 e. The molecule has 0 fully saturated rings. The zero-order valence-electron chi connectivity index (χ0n) is 11.8. The van der Waals surface area contributed by atoms with Gasteiger partial charge in [0.1, 0.15) is 0 Å². The Labute approximate surface area is 111 Å². The summed E-state index contributed by atoms with van der Waals surface area (Å²) in [6.45, 7) is 7.57. The van der Waals surface area contributed by atoms with Gasteiger partial charge in [-0.3, -0.25) is 4.98 Å². The molecule has 1 N–H and O–H groups in total. The Morgan fingerprint density at radius 2 is 2.11 bits per heavy atom. The Bertz CT molecular complexity index is 427. The van der Waals surface area contributed by atoms with E-state index in [0.717, 1.165) is 13.0 Å². The Kier molecular flexibility index (Phi) is 4.18. The van der Waals surface area contributed by atoms with Crippen LogP contribution in [-0.4, -0.2) is 17.1 Å². The molecule has 2 rings (SSSR count). The third-order valence-corrected chi connectivity index (χ3v) is 3.21. The van der Waals surface area contributed by atoms with E-state index in [0.29, 0.717) is 0 Å². The molecular formula is C16H24N2. The van der Waals surface area contributed by atoms with Gasteiger partial charge in [-0.1, -0.05) is 12.1 Å². The topological polar surface area (TPSA) is 24.9 Å². The average molecular weight is 244 g/mol. The minimum absolute atomic E-state index is 0.186. The number of rotatable bonds is 4. The van der Waals surface area contributed by atoms with Crippen LogP contribution in [-0.2, 0) is 6.42 Å². The Morgan fingerprint density at radius 3 is 2.78 bits per heavy atom. The average Bonchev–Trinajstić information content (AvgIpc) is 2.81. The van der Waals surface area contributed by atoms with E-state index in [1.807, 2.05) is 0 Å². The van der Waals surface area contributed by atoms with Crippen molar-refractivity contribution >= 4 is 5.57 Å². The third kappa shape index (κ3) is 3.95. The van der Waals surface area contributed by atoms with Gasteiger partial charge in [-0.15, -0.1) is 0 Å². The highest BCUT2D eigenvalue weighted by Gasteiger charge is 2.10. The van der Waals surface area contributed by atoms with Gasteiger partial charge >= 0.3 is 0 Å². The number of pyridine rings is 1. The fourth-order valence-corrected chi connectivity index (χ4v) is 2.27. The van der Waals surface area contributed by atoms with E-state index in [4.69, 9.17) is 4.98 Å². The maximum atomic E-state index is 4.77. The Morgan fingerprint density at radius 1 is 1.28 bits per heavy atom. The maximum absolute atomic E-state index is 4.77. The lowest BCUT2D eigenvalue weighted by molar-refractivity contribution is 0.428. The maximum Gasteiger partial charge on any atom is 0.0661 e. The van der Waals surface area contributed by atoms with Crippen LogP contribution in [0.4, 0.5) is 0 Å². The molecule has 1 heterocycles. The fourth-order valence-electron chi connectivity index (χ4n) is 2.27. The molecule has 18 heavy (non-hydrogen) atoms. The van der Waals surface area contributed by atoms with Crippen LogP contribution in [0.2, 0.25) is 0 Å². The van der Waals surface area contributed by atoms with E-state index in [2.05, 4.69) is 50.4 Å². The Balaban J connectivity index is 1.95. The van der Waals surface area contributed by atoms with Gasteiger partial charge in [-0.25, -0.2) is 0 Å². The molecule has 2 heteroatoms. The third-order valence-electron chi connectivity index (χ3n) is 3.21. The molecule has 1 aromatic heterocycles. The zero-order valence-corrected chi connectivity index (χ0v) is 11.8. The molecule has 0 aliphatic heterocycles. The molecule has 0 saturated heterocycles. The van der Waals surface area contributed by atoms with Crippen molar-refractivity contribution in [2.75, 3.05) is 6.54 Å². The largest absolute Gasteiger partial charge is 0.312 e. The van der Waals surface area contributed by atoms with Crippen molar-refractivity contribution in [2.24, 2.45) is 0 Å². The zero-order chi connectivity index (χ0) is 13.0. The molecule has 98 valence electrons. The monoisotopic (exact) mass is 244 g/mol. The molecule has 0 amide bonds. The van der Waals surface area contributed by atoms with Gasteiger partial charge in [0.05, 0.1) is 5.69 Å². The standard InChI is InChI=1S/C16H24N2/c1-16(2,3)17-12-11-14-9-6-10-15(18-14)13-7-4-5-8-13/h6-7,9-10,17H,4-5,8,11-12H2,1-3H3. The minimum atomic E-state index is 0.186. The summed E-state index contributed by atoms with van der Waals surface area (Å²) < 4.78 is 0. The van der Waals surface area contributed by atoms with Crippen molar-refractivity contribution < 1.29 is 0 Å². The van der Waals surface area contributed by atoms with Crippen molar-refractivity contribution in [1.82, 2.24) is 10.3 Å². The summed E-state index contributed by atoms with van der Waals surface area (Å²) in [5, 5.41) is 3.50. The summed E-state index contributed by atoms with van der Waals surface area (Å²) in [6.07, 6.45) is 7.02. The van der Waals surface area contributed by atoms with Crippen molar-refractivity contribution in [3.63, 3.8) is 0 Å². The molecule has 1 aromatic rings. The van der Waals surface area contributed by atoms with Gasteiger partial charge in [0.15, 0.2) is 0 Å². The van der Waals surface area contributed by atoms with Gasteiger partial charge < -0.3 is 5.32 Å². The van der Waals surface area contributed by atoms with Gasteiger partial charge in [-0.05, 0) is 57.7 Å². The second-order valence-corrected chi connectivity index (χ2v) is 6.06. The molecule has 1 aliphatic rings. The van der Waals surface area contributed by atoms with E-state index in [1.165, 1.54) is 36.2 Å². The van der Waals surface area contributed by atoms with Gasteiger partial charge in [0.25, 0.3) is 0 Å². The molecule has 0 aromatic carbocycles. The second-order valence-electron chi connectivity index (χ2n) is 6.06. The quantitative estimate of drug-likeness (QED) is 0.875. The highest BCUT2D eigenvalue weighted by molar-refractivity contribution is 5.64. The SMILES string of the molecule is CC(C)(C)NCCc1cccc(C2=CCCC2)n1. The molecule has 0 spiro atoms. The summed E-state index contributed by atoms with van der Waals surface area (Å²) >= 11 is 0. The summed E-state index contributed by atoms with van der Waals surface area (Å²) in [5.74, 6) is 0. The van der Waals surface area contributed by atoms with Crippen LogP contribution in [0, 0.1) is 0 Å². The smallest absolute Gasteiger partial charge is 0.0661 e. The second kappa shape index (κ2) is 5.66. The summed E-state index contributed by atoms with van der Waals surface area (Å²) in [5.41, 5.74) is 3.99. The number of hydrogen-bond donors (Lipinski definition) is 1. The molecule has 0 bridgehead atoms. The van der Waals surface area contributed by atoms with E-state index >= 15 is 0 Å². The first-order valence-corrected chi connectivity index (χ1v) is 6.95. The first kappa shape index (κ1) is 13.3. The molecule has 0 unspecified atom stereocenters. The van der Waals surface area contributed by atoms with Crippen molar-refractivity contribution in [1.29, 1.82) is 0 Å². The lowest BCUT2D eigenvalue weighted by Gasteiger charge is -2.20. The van der Waals surface area contributed by atoms with E-state index in [-0.39, 0.29) is 5.54 Å². The van der Waals surface area contributed by atoms with Crippen LogP contribution in [0.1, 0.15) is 51.4 Å². The van der Waals surface area contributed by atoms with E-state index in [9.17, 15) is 0 Å². The normalized spacial score (nSPS) is 15.8. The number of allylic oxidation sites excluding steroid dienone is 2. The van der Waals surface area contributed by atoms with Crippen molar-refractivity contribution in [3.05, 3.63) is 35.7 Å². The molecule has 0 atom stereocenters. The van der Waals surface area contributed by atoms with Crippen molar-refractivity contribution in [2.45, 2.75) is 52.0 Å². The Hall–Kier alpha value is -1.15. The van der Waals surface area contributed by atoms with Gasteiger partial charge in [0.2, 0.25) is 0 Å². The van der Waals surface area contributed by atoms with Crippen molar-refractivity contribution in [3.8, 4) is 0 Å². The first-order chi connectivity index (χ1) is 8.54. The summed E-state index contributed by atoms with van der Waals surface area (Å²) in [6, 6.07) is 6.40. The molecule has 0 saturated carbocycles. The van der Waals surface area contributed by atoms with Crippen LogP contribution in [0.5, 0.6) is 0 Å². The number of nitrogens with one attached hydrogen (secondary N) is 1. The number of nitrogens with zero attached hydrogens (tertiary/aromatic N) is 1. The van der Waals surface area contributed by atoms with Crippen LogP contribution < -0.4 is 5.32 Å². The number of hydrogen-bond acceptors (Lipinski definition) is 2. The number of aromatic nitrogens is 1. The van der Waals surface area contributed by atoms with Crippen LogP contribution in [0.3, 0.4) is 0 Å². The first-order valence-electron chi connectivity index (χ1n) is 6.95. The predicted molar refractivity (Wildman–Crippen MR) is 77.5 cm³/mol. The lowest BCUT2D eigenvalue weighted by Crippen LogP contribution is -2.37. The van der Waals surface area contributed by atoms with E-state index < -0.39 is 0 Å². The molecule has 2 nitrogen and oxygen atoms in total. The summed E-state index contributed by atoms with van der Waals surface area (Å²) in [4.78, 5) is 4.77. The van der Waals surface area contributed by atoms with Crippen LogP contribution in [0.25, 0.3) is 5.57 Å². The predicted octanol–water partition coefficient (Wildman–Crippen LogP) is 3.58. The lowest BCUT2D eigenvalue weighted by atomic mass is 10.1. The van der Waals surface area contributed by atoms with Gasteiger partial charge in [0, 0.05) is 24.2 Å². The van der Waals surface area contributed by atoms with Gasteiger partial charge in [-0.2, -0.15) is 0 Å². The van der Waals surface area contributed by atoms with Crippen LogP contribution in [0.15, 0.2) is 24.3 Å². The fraction of sp³-hybridized carbons (Fsp3) is 0.562. The molecule has 0 radical (unpaired) electrons.